The number of carboxylic acid groups (broad SMARTS) is 1. The number of aromatic hydroxyl groups is 1. The second kappa shape index (κ2) is 12.1. The Morgan fingerprint density at radius 1 is 1.03 bits per heavy atom. The molecule has 0 spiro atoms. The first-order valence-corrected chi connectivity index (χ1v) is 10.3. The summed E-state index contributed by atoms with van der Waals surface area (Å²) >= 11 is 0. The standard InChI is InChI=1S/C21H25N5O8/c22-16(20(28)24-18(21(29)30)11-13-4-7-15(27)8-5-13)3-1-2-10-23-17-9-6-14(25(31)32)12-19(17)26(33)34/h4-9,12,16,18,23,27H,1-3,10-11,22H2,(H,24,28)(H,29,30)/t16-,18-/m0/s1. The number of carbonyl (C=O) groups is 2. The molecule has 0 radical (unpaired) electrons. The summed E-state index contributed by atoms with van der Waals surface area (Å²) in [6, 6.07) is 7.10. The van der Waals surface area contributed by atoms with Crippen molar-refractivity contribution in [1.82, 2.24) is 5.32 Å². The molecule has 2 rings (SSSR count). The topological polar surface area (TPSA) is 211 Å². The Bertz CT molecular complexity index is 1040. The number of nitrogens with two attached hydrogens (primary N) is 1. The van der Waals surface area contributed by atoms with Crippen molar-refractivity contribution in [1.29, 1.82) is 0 Å². The van der Waals surface area contributed by atoms with Crippen LogP contribution >= 0.6 is 0 Å². The number of anilines is 1. The molecule has 6 N–H and O–H groups in total. The van der Waals surface area contributed by atoms with Crippen LogP contribution in [0.2, 0.25) is 0 Å². The summed E-state index contributed by atoms with van der Waals surface area (Å²) < 4.78 is 0. The highest BCUT2D eigenvalue weighted by Gasteiger charge is 2.24. The number of unbranched alkanes of at least 4 members (excludes halogenated alkanes) is 1. The minimum atomic E-state index is -1.22. The summed E-state index contributed by atoms with van der Waals surface area (Å²) in [5.74, 6) is -1.80. The van der Waals surface area contributed by atoms with Gasteiger partial charge in [0, 0.05) is 19.0 Å². The average Bonchev–Trinajstić information content (AvgIpc) is 2.79. The van der Waals surface area contributed by atoms with Gasteiger partial charge in [0.1, 0.15) is 17.5 Å². The molecule has 2 aromatic carbocycles. The predicted molar refractivity (Wildman–Crippen MR) is 121 cm³/mol. The lowest BCUT2D eigenvalue weighted by Crippen LogP contribution is -2.49. The van der Waals surface area contributed by atoms with Crippen molar-refractivity contribution in [3.63, 3.8) is 0 Å². The molecule has 1 amide bonds. The summed E-state index contributed by atoms with van der Waals surface area (Å²) in [4.78, 5) is 44.3. The number of aliphatic carboxylic acids is 1. The highest BCUT2D eigenvalue weighted by Crippen LogP contribution is 2.28. The molecule has 13 nitrogen and oxygen atoms in total. The number of carbonyl (C=O) groups excluding carboxylic acids is 1. The third kappa shape index (κ3) is 7.70. The van der Waals surface area contributed by atoms with Gasteiger partial charge in [0.05, 0.1) is 22.0 Å². The third-order valence-electron chi connectivity index (χ3n) is 4.97. The van der Waals surface area contributed by atoms with Gasteiger partial charge in [-0.05, 0) is 43.0 Å². The van der Waals surface area contributed by atoms with Gasteiger partial charge < -0.3 is 26.6 Å². The van der Waals surface area contributed by atoms with E-state index in [0.29, 0.717) is 24.9 Å². The van der Waals surface area contributed by atoms with Crippen molar-refractivity contribution in [2.45, 2.75) is 37.8 Å². The highest BCUT2D eigenvalue weighted by atomic mass is 16.6. The largest absolute Gasteiger partial charge is 0.508 e. The number of nitro benzene ring substituents is 2. The summed E-state index contributed by atoms with van der Waals surface area (Å²) in [7, 11) is 0. The number of amides is 1. The molecular formula is C21H25N5O8. The fourth-order valence-corrected chi connectivity index (χ4v) is 3.12. The lowest BCUT2D eigenvalue weighted by Gasteiger charge is -2.18. The number of rotatable bonds is 13. The number of hydrogen-bond acceptors (Lipinski definition) is 9. The van der Waals surface area contributed by atoms with Gasteiger partial charge in [-0.25, -0.2) is 4.79 Å². The number of hydrogen-bond donors (Lipinski definition) is 5. The molecule has 0 bridgehead atoms. The first-order valence-electron chi connectivity index (χ1n) is 10.3. The maximum absolute atomic E-state index is 12.3. The smallest absolute Gasteiger partial charge is 0.326 e. The van der Waals surface area contributed by atoms with Crippen molar-refractivity contribution < 1.29 is 29.6 Å². The van der Waals surface area contributed by atoms with E-state index >= 15 is 0 Å². The Morgan fingerprint density at radius 2 is 1.71 bits per heavy atom. The second-order valence-electron chi connectivity index (χ2n) is 7.51. The maximum Gasteiger partial charge on any atom is 0.326 e. The second-order valence-corrected chi connectivity index (χ2v) is 7.51. The van der Waals surface area contributed by atoms with E-state index < -0.39 is 39.5 Å². The Hall–Kier alpha value is -4.26. The number of phenols is 1. The van der Waals surface area contributed by atoms with Crippen LogP contribution in [0.1, 0.15) is 24.8 Å². The van der Waals surface area contributed by atoms with Gasteiger partial charge >= 0.3 is 5.97 Å². The van der Waals surface area contributed by atoms with Crippen LogP contribution in [0.3, 0.4) is 0 Å². The van der Waals surface area contributed by atoms with Gasteiger partial charge in [-0.3, -0.25) is 25.0 Å². The van der Waals surface area contributed by atoms with Crippen molar-refractivity contribution in [3.8, 4) is 5.75 Å². The van der Waals surface area contributed by atoms with E-state index in [2.05, 4.69) is 10.6 Å². The maximum atomic E-state index is 12.3. The number of phenolic OH excluding ortho intramolecular Hbond substituents is 1. The molecule has 34 heavy (non-hydrogen) atoms. The van der Waals surface area contributed by atoms with E-state index in [9.17, 15) is 40.0 Å². The molecule has 0 heterocycles. The van der Waals surface area contributed by atoms with Gasteiger partial charge in [-0.15, -0.1) is 0 Å². The van der Waals surface area contributed by atoms with Crippen LogP contribution in [0.15, 0.2) is 42.5 Å². The van der Waals surface area contributed by atoms with Crippen LogP contribution in [0.4, 0.5) is 17.1 Å². The lowest BCUT2D eigenvalue weighted by molar-refractivity contribution is -0.393. The molecule has 0 unspecified atom stereocenters. The van der Waals surface area contributed by atoms with E-state index in [4.69, 9.17) is 5.73 Å². The molecular weight excluding hydrogens is 450 g/mol. The van der Waals surface area contributed by atoms with E-state index in [1.54, 1.807) is 12.1 Å². The lowest BCUT2D eigenvalue weighted by atomic mass is 10.0. The Labute approximate surface area is 193 Å². The van der Waals surface area contributed by atoms with Crippen molar-refractivity contribution in [2.75, 3.05) is 11.9 Å². The summed E-state index contributed by atoms with van der Waals surface area (Å²) in [6.45, 7) is 0.297. The first kappa shape index (κ1) is 26.0. The van der Waals surface area contributed by atoms with Crippen molar-refractivity contribution >= 4 is 28.9 Å². The number of nitrogens with one attached hydrogen (secondary N) is 2. The molecule has 0 aliphatic rings. The van der Waals surface area contributed by atoms with Gasteiger partial charge in [-0.1, -0.05) is 12.1 Å². The molecule has 13 heteroatoms. The van der Waals surface area contributed by atoms with Gasteiger partial charge in [0.25, 0.3) is 11.4 Å². The average molecular weight is 475 g/mol. The zero-order valence-corrected chi connectivity index (χ0v) is 18.0. The monoisotopic (exact) mass is 475 g/mol. The fraction of sp³-hybridized carbons (Fsp3) is 0.333. The molecule has 0 saturated heterocycles. The van der Waals surface area contributed by atoms with E-state index in [1.165, 1.54) is 18.2 Å². The van der Waals surface area contributed by atoms with Crippen LogP contribution in [-0.4, -0.2) is 50.6 Å². The fourth-order valence-electron chi connectivity index (χ4n) is 3.12. The third-order valence-corrected chi connectivity index (χ3v) is 4.97. The molecule has 0 aliphatic carbocycles. The summed E-state index contributed by atoms with van der Waals surface area (Å²) in [6.07, 6.45) is 1.23. The molecule has 2 aromatic rings. The van der Waals surface area contributed by atoms with E-state index in [0.717, 1.165) is 12.1 Å². The minimum absolute atomic E-state index is 0.0199. The van der Waals surface area contributed by atoms with Crippen molar-refractivity contribution in [3.05, 3.63) is 68.3 Å². The Balaban J connectivity index is 1.81. The summed E-state index contributed by atoms with van der Waals surface area (Å²) in [5.41, 5.74) is 5.81. The number of carboxylic acids is 1. The van der Waals surface area contributed by atoms with Crippen LogP contribution in [0.5, 0.6) is 5.75 Å². The van der Waals surface area contributed by atoms with Gasteiger partial charge in [0.15, 0.2) is 0 Å². The van der Waals surface area contributed by atoms with E-state index in [1.807, 2.05) is 0 Å². The number of non-ortho nitro benzene ring substituents is 1. The quantitative estimate of drug-likeness (QED) is 0.161. The molecule has 0 aliphatic heterocycles. The Morgan fingerprint density at radius 3 is 2.29 bits per heavy atom. The van der Waals surface area contributed by atoms with Crippen LogP contribution < -0.4 is 16.4 Å². The molecule has 0 fully saturated rings. The van der Waals surface area contributed by atoms with Crippen LogP contribution in [0.25, 0.3) is 0 Å². The zero-order valence-electron chi connectivity index (χ0n) is 18.0. The minimum Gasteiger partial charge on any atom is -0.508 e. The van der Waals surface area contributed by atoms with Crippen LogP contribution in [-0.2, 0) is 16.0 Å². The number of benzene rings is 2. The number of nitrogens with zero attached hydrogens (tertiary/aromatic N) is 2. The van der Waals surface area contributed by atoms with Gasteiger partial charge in [-0.2, -0.15) is 0 Å². The Kier molecular flexibility index (Phi) is 9.26. The molecule has 0 saturated carbocycles. The SMILES string of the molecule is N[C@@H](CCCCNc1ccc([N+](=O)[O-])cc1[N+](=O)[O-])C(=O)N[C@@H](Cc1ccc(O)cc1)C(=O)O. The zero-order chi connectivity index (χ0) is 25.3. The highest BCUT2D eigenvalue weighted by molar-refractivity contribution is 5.86. The predicted octanol–water partition coefficient (Wildman–Crippen LogP) is 1.93. The van der Waals surface area contributed by atoms with E-state index in [-0.39, 0.29) is 30.0 Å². The van der Waals surface area contributed by atoms with Crippen LogP contribution in [0, 0.1) is 20.2 Å². The molecule has 182 valence electrons. The molecule has 0 aromatic heterocycles. The first-order chi connectivity index (χ1) is 16.1. The van der Waals surface area contributed by atoms with Crippen molar-refractivity contribution in [2.24, 2.45) is 5.73 Å². The summed E-state index contributed by atoms with van der Waals surface area (Å²) in [5, 5.41) is 45.9. The van der Waals surface area contributed by atoms with Gasteiger partial charge in [0.2, 0.25) is 5.91 Å². The molecule has 2 atom stereocenters. The number of nitro groups is 2. The normalized spacial score (nSPS) is 12.4.